The Morgan fingerprint density at radius 1 is 1.36 bits per heavy atom. The summed E-state index contributed by atoms with van der Waals surface area (Å²) in [5, 5.41) is 13.1. The molecule has 0 radical (unpaired) electrons. The monoisotopic (exact) mass is 340 g/mol. The summed E-state index contributed by atoms with van der Waals surface area (Å²) in [6.45, 7) is 1.63. The van der Waals surface area contributed by atoms with Crippen LogP contribution >= 0.6 is 23.2 Å². The van der Waals surface area contributed by atoms with Gasteiger partial charge in [-0.2, -0.15) is 5.26 Å². The average Bonchev–Trinajstić information content (AvgIpc) is 2.51. The van der Waals surface area contributed by atoms with Gasteiger partial charge in [0.15, 0.2) is 6.10 Å². The first-order valence-corrected chi connectivity index (χ1v) is 8.06. The summed E-state index contributed by atoms with van der Waals surface area (Å²) < 4.78 is 5.58. The van der Waals surface area contributed by atoms with Crippen LogP contribution in [0.15, 0.2) is 18.2 Å². The molecule has 0 spiro atoms. The minimum atomic E-state index is -0.773. The van der Waals surface area contributed by atoms with Gasteiger partial charge in [-0.05, 0) is 31.9 Å². The Balaban J connectivity index is 2.03. The maximum atomic E-state index is 12.3. The van der Waals surface area contributed by atoms with E-state index in [4.69, 9.17) is 27.9 Å². The highest BCUT2D eigenvalue weighted by atomic mass is 35.5. The molecule has 1 unspecified atom stereocenters. The lowest BCUT2D eigenvalue weighted by Crippen LogP contribution is -2.52. The third-order valence-corrected chi connectivity index (χ3v) is 4.40. The molecule has 6 heteroatoms. The van der Waals surface area contributed by atoms with Crippen molar-refractivity contribution in [3.8, 4) is 11.8 Å². The van der Waals surface area contributed by atoms with E-state index < -0.39 is 11.6 Å². The number of nitrogens with one attached hydrogen (secondary N) is 1. The van der Waals surface area contributed by atoms with Gasteiger partial charge in [0.1, 0.15) is 11.3 Å². The molecule has 1 aliphatic carbocycles. The van der Waals surface area contributed by atoms with Crippen molar-refractivity contribution in [3.05, 3.63) is 28.2 Å². The molecule has 1 aromatic rings. The molecule has 0 heterocycles. The molecule has 1 N–H and O–H groups in total. The lowest BCUT2D eigenvalue weighted by Gasteiger charge is -2.32. The van der Waals surface area contributed by atoms with Crippen LogP contribution in [0, 0.1) is 11.3 Å². The Kier molecular flexibility index (Phi) is 5.55. The fourth-order valence-electron chi connectivity index (χ4n) is 2.57. The number of carbonyl (C=O) groups excluding carboxylic acids is 1. The Bertz CT molecular complexity index is 592. The van der Waals surface area contributed by atoms with E-state index in [0.717, 1.165) is 19.3 Å². The van der Waals surface area contributed by atoms with Gasteiger partial charge in [0.2, 0.25) is 0 Å². The Morgan fingerprint density at radius 2 is 2.05 bits per heavy atom. The van der Waals surface area contributed by atoms with E-state index >= 15 is 0 Å². The number of benzene rings is 1. The third-order valence-electron chi connectivity index (χ3n) is 3.85. The standard InChI is InChI=1S/C16H18Cl2N2O2/c1-11(22-14-9-12(17)5-6-13(14)18)15(21)20-16(10-19)7-3-2-4-8-16/h5-6,9,11H,2-4,7-8H2,1H3,(H,20,21). The Morgan fingerprint density at radius 3 is 2.68 bits per heavy atom. The van der Waals surface area contributed by atoms with Crippen molar-refractivity contribution in [1.29, 1.82) is 5.26 Å². The summed E-state index contributed by atoms with van der Waals surface area (Å²) in [6.07, 6.45) is 3.60. The molecule has 0 bridgehead atoms. The van der Waals surface area contributed by atoms with E-state index in [9.17, 15) is 10.1 Å². The maximum Gasteiger partial charge on any atom is 0.262 e. The smallest absolute Gasteiger partial charge is 0.262 e. The highest BCUT2D eigenvalue weighted by Gasteiger charge is 2.35. The minimum Gasteiger partial charge on any atom is -0.479 e. The van der Waals surface area contributed by atoms with Crippen LogP contribution < -0.4 is 10.1 Å². The van der Waals surface area contributed by atoms with Crippen LogP contribution in [0.25, 0.3) is 0 Å². The highest BCUT2D eigenvalue weighted by molar-refractivity contribution is 6.34. The predicted molar refractivity (Wildman–Crippen MR) is 86.1 cm³/mol. The van der Waals surface area contributed by atoms with E-state index in [2.05, 4.69) is 11.4 Å². The maximum absolute atomic E-state index is 12.3. The van der Waals surface area contributed by atoms with E-state index in [0.29, 0.717) is 28.6 Å². The summed E-state index contributed by atoms with van der Waals surface area (Å²) >= 11 is 11.9. The second-order valence-corrected chi connectivity index (χ2v) is 6.42. The fraction of sp³-hybridized carbons (Fsp3) is 0.500. The molecule has 0 aliphatic heterocycles. The number of nitrogens with zero attached hydrogens (tertiary/aromatic N) is 1. The van der Waals surface area contributed by atoms with Crippen LogP contribution in [0.3, 0.4) is 0 Å². The van der Waals surface area contributed by atoms with Crippen molar-refractivity contribution in [2.24, 2.45) is 0 Å². The van der Waals surface area contributed by atoms with Gasteiger partial charge in [-0.15, -0.1) is 0 Å². The van der Waals surface area contributed by atoms with Gasteiger partial charge in [-0.25, -0.2) is 0 Å². The number of amides is 1. The van der Waals surface area contributed by atoms with Crippen molar-refractivity contribution in [1.82, 2.24) is 5.32 Å². The molecule has 118 valence electrons. The molecule has 1 atom stereocenters. The van der Waals surface area contributed by atoms with Crippen molar-refractivity contribution >= 4 is 29.1 Å². The first kappa shape index (κ1) is 16.9. The Hall–Kier alpha value is -1.44. The number of hydrogen-bond donors (Lipinski definition) is 1. The van der Waals surface area contributed by atoms with Gasteiger partial charge in [-0.3, -0.25) is 4.79 Å². The van der Waals surface area contributed by atoms with Gasteiger partial charge >= 0.3 is 0 Å². The fourth-order valence-corrected chi connectivity index (χ4v) is 2.89. The van der Waals surface area contributed by atoms with Crippen LogP contribution in [0.1, 0.15) is 39.0 Å². The molecular weight excluding hydrogens is 323 g/mol. The number of halogens is 2. The van der Waals surface area contributed by atoms with Gasteiger partial charge < -0.3 is 10.1 Å². The molecule has 0 saturated heterocycles. The van der Waals surface area contributed by atoms with E-state index in [-0.39, 0.29) is 5.91 Å². The predicted octanol–water partition coefficient (Wildman–Crippen LogP) is 4.10. The molecule has 0 aromatic heterocycles. The van der Waals surface area contributed by atoms with Crippen LogP contribution in [-0.4, -0.2) is 17.6 Å². The number of ether oxygens (including phenoxy) is 1. The largest absolute Gasteiger partial charge is 0.479 e. The zero-order valence-corrected chi connectivity index (χ0v) is 13.9. The van der Waals surface area contributed by atoms with Crippen molar-refractivity contribution in [3.63, 3.8) is 0 Å². The topological polar surface area (TPSA) is 62.1 Å². The first-order valence-electron chi connectivity index (χ1n) is 7.31. The summed E-state index contributed by atoms with van der Waals surface area (Å²) in [5.41, 5.74) is -0.773. The lowest BCUT2D eigenvalue weighted by molar-refractivity contribution is -0.129. The molecule has 1 aliphatic rings. The summed E-state index contributed by atoms with van der Waals surface area (Å²) in [7, 11) is 0. The van der Waals surface area contributed by atoms with Crippen LogP contribution in [0.5, 0.6) is 5.75 Å². The van der Waals surface area contributed by atoms with Gasteiger partial charge in [0.05, 0.1) is 11.1 Å². The van der Waals surface area contributed by atoms with Crippen LogP contribution in [0.4, 0.5) is 0 Å². The van der Waals surface area contributed by atoms with Gasteiger partial charge in [0, 0.05) is 11.1 Å². The third kappa shape index (κ3) is 4.06. The van der Waals surface area contributed by atoms with Crippen LogP contribution in [0.2, 0.25) is 10.0 Å². The number of rotatable bonds is 4. The molecule has 1 amide bonds. The van der Waals surface area contributed by atoms with E-state index in [1.165, 1.54) is 0 Å². The lowest BCUT2D eigenvalue weighted by atomic mass is 9.83. The van der Waals surface area contributed by atoms with Gasteiger partial charge in [0.25, 0.3) is 5.91 Å². The van der Waals surface area contributed by atoms with Crippen molar-refractivity contribution < 1.29 is 9.53 Å². The molecule has 1 aromatic carbocycles. The molecule has 1 fully saturated rings. The summed E-state index contributed by atoms with van der Waals surface area (Å²) in [4.78, 5) is 12.3. The summed E-state index contributed by atoms with van der Waals surface area (Å²) in [6, 6.07) is 7.08. The number of carbonyl (C=O) groups is 1. The second kappa shape index (κ2) is 7.21. The Labute approximate surface area is 140 Å². The zero-order chi connectivity index (χ0) is 16.2. The quantitative estimate of drug-likeness (QED) is 0.897. The van der Waals surface area contributed by atoms with Crippen molar-refractivity contribution in [2.45, 2.75) is 50.7 Å². The number of hydrogen-bond acceptors (Lipinski definition) is 3. The van der Waals surface area contributed by atoms with Crippen LogP contribution in [-0.2, 0) is 4.79 Å². The first-order chi connectivity index (χ1) is 10.5. The van der Waals surface area contributed by atoms with Crippen molar-refractivity contribution in [2.75, 3.05) is 0 Å². The zero-order valence-electron chi connectivity index (χ0n) is 12.4. The molecule has 4 nitrogen and oxygen atoms in total. The average molecular weight is 341 g/mol. The molecule has 22 heavy (non-hydrogen) atoms. The SMILES string of the molecule is CC(Oc1cc(Cl)ccc1Cl)C(=O)NC1(C#N)CCCCC1. The second-order valence-electron chi connectivity index (χ2n) is 5.58. The molecule has 1 saturated carbocycles. The normalized spacial score (nSPS) is 18.1. The van der Waals surface area contributed by atoms with E-state index in [1.807, 2.05) is 0 Å². The highest BCUT2D eigenvalue weighted by Crippen LogP contribution is 2.30. The van der Waals surface area contributed by atoms with Gasteiger partial charge in [-0.1, -0.05) is 42.5 Å². The number of nitriles is 1. The van der Waals surface area contributed by atoms with E-state index in [1.54, 1.807) is 25.1 Å². The minimum absolute atomic E-state index is 0.320. The summed E-state index contributed by atoms with van der Waals surface area (Å²) in [5.74, 6) is 0.0333. The molecular formula is C16H18Cl2N2O2. The molecule has 2 rings (SSSR count).